The molecule has 1 saturated heterocycles. The van der Waals surface area contributed by atoms with E-state index in [-0.39, 0.29) is 23.7 Å². The van der Waals surface area contributed by atoms with E-state index in [0.29, 0.717) is 18.2 Å². The van der Waals surface area contributed by atoms with Gasteiger partial charge in [-0.1, -0.05) is 25.0 Å². The van der Waals surface area contributed by atoms with E-state index < -0.39 is 10.0 Å². The smallest absolute Gasteiger partial charge is 0.229 e. The van der Waals surface area contributed by atoms with Crippen molar-refractivity contribution in [1.82, 2.24) is 10.6 Å². The van der Waals surface area contributed by atoms with Crippen LogP contribution < -0.4 is 15.4 Å². The maximum Gasteiger partial charge on any atom is 0.229 e. The molecule has 0 bridgehead atoms. The van der Waals surface area contributed by atoms with Crippen molar-refractivity contribution in [3.8, 4) is 0 Å². The van der Waals surface area contributed by atoms with Crippen molar-refractivity contribution in [3.05, 3.63) is 29.8 Å². The van der Waals surface area contributed by atoms with E-state index in [2.05, 4.69) is 15.4 Å². The second-order valence-corrected chi connectivity index (χ2v) is 8.73. The van der Waals surface area contributed by atoms with Crippen LogP contribution in [0.15, 0.2) is 24.3 Å². The molecule has 3 rings (SSSR count). The van der Waals surface area contributed by atoms with Crippen molar-refractivity contribution in [2.24, 2.45) is 11.3 Å². The number of nitrogens with one attached hydrogen (secondary N) is 3. The third kappa shape index (κ3) is 4.65. The Hall–Kier alpha value is -1.31. The highest BCUT2D eigenvalue weighted by Gasteiger charge is 2.49. The minimum Gasteiger partial charge on any atom is -0.351 e. The fourth-order valence-electron chi connectivity index (χ4n) is 3.95. The fourth-order valence-corrected chi connectivity index (χ4v) is 4.52. The lowest BCUT2D eigenvalue weighted by atomic mass is 9.67. The number of anilines is 1. The molecule has 140 valence electrons. The molecular formula is C17H26ClN3O3S. The zero-order valence-corrected chi connectivity index (χ0v) is 16.0. The van der Waals surface area contributed by atoms with Gasteiger partial charge in [0.15, 0.2) is 0 Å². The first-order valence-corrected chi connectivity index (χ1v) is 10.3. The summed E-state index contributed by atoms with van der Waals surface area (Å²) in [6.07, 6.45) is 5.56. The van der Waals surface area contributed by atoms with E-state index in [1.165, 1.54) is 6.42 Å². The fraction of sp³-hybridized carbons (Fsp3) is 0.588. The first-order chi connectivity index (χ1) is 11.4. The van der Waals surface area contributed by atoms with Gasteiger partial charge in [0.05, 0.1) is 11.7 Å². The maximum atomic E-state index is 12.8. The number of halogens is 1. The molecule has 0 unspecified atom stereocenters. The lowest BCUT2D eigenvalue weighted by Gasteiger charge is -2.37. The van der Waals surface area contributed by atoms with Gasteiger partial charge < -0.3 is 10.6 Å². The Labute approximate surface area is 155 Å². The summed E-state index contributed by atoms with van der Waals surface area (Å²) in [5, 5.41) is 6.47. The molecule has 0 radical (unpaired) electrons. The van der Waals surface area contributed by atoms with Crippen LogP contribution in [0, 0.1) is 11.3 Å². The SMILES string of the molecule is CS(=O)(=O)Nc1ccc(CNC(=O)[C@@]23CCCC[C@H]2CNC3)cc1.Cl. The molecule has 1 aliphatic carbocycles. The first-order valence-electron chi connectivity index (χ1n) is 8.45. The van der Waals surface area contributed by atoms with Crippen molar-refractivity contribution in [2.75, 3.05) is 24.1 Å². The summed E-state index contributed by atoms with van der Waals surface area (Å²) in [5.74, 6) is 0.600. The number of amides is 1. The van der Waals surface area contributed by atoms with E-state index >= 15 is 0 Å². The van der Waals surface area contributed by atoms with Crippen LogP contribution in [0.2, 0.25) is 0 Å². The molecule has 8 heteroatoms. The topological polar surface area (TPSA) is 87.3 Å². The molecule has 6 nitrogen and oxygen atoms in total. The molecule has 0 aromatic heterocycles. The number of sulfonamides is 1. The Bertz CT molecular complexity index is 708. The molecule has 1 aromatic rings. The Morgan fingerprint density at radius 3 is 2.68 bits per heavy atom. The first kappa shape index (κ1) is 20.0. The number of hydrogen-bond acceptors (Lipinski definition) is 4. The molecule has 1 saturated carbocycles. The zero-order chi connectivity index (χ0) is 17.2. The predicted molar refractivity (Wildman–Crippen MR) is 101 cm³/mol. The Kier molecular flexibility index (Phi) is 6.35. The van der Waals surface area contributed by atoms with Gasteiger partial charge in [0.25, 0.3) is 0 Å². The maximum absolute atomic E-state index is 12.8. The van der Waals surface area contributed by atoms with Crippen molar-refractivity contribution in [2.45, 2.75) is 32.2 Å². The summed E-state index contributed by atoms with van der Waals surface area (Å²) in [6.45, 7) is 2.19. The van der Waals surface area contributed by atoms with Crippen LogP contribution in [-0.2, 0) is 21.4 Å². The summed E-state index contributed by atoms with van der Waals surface area (Å²) >= 11 is 0. The van der Waals surface area contributed by atoms with Gasteiger partial charge in [-0.15, -0.1) is 12.4 Å². The van der Waals surface area contributed by atoms with Gasteiger partial charge in [0.2, 0.25) is 15.9 Å². The minimum atomic E-state index is -3.27. The summed E-state index contributed by atoms with van der Waals surface area (Å²) in [6, 6.07) is 7.08. The predicted octanol–water partition coefficient (Wildman–Crippen LogP) is 1.88. The van der Waals surface area contributed by atoms with Gasteiger partial charge >= 0.3 is 0 Å². The third-order valence-corrected chi connectivity index (χ3v) is 5.81. The Morgan fingerprint density at radius 2 is 2.00 bits per heavy atom. The van der Waals surface area contributed by atoms with E-state index in [1.807, 2.05) is 12.1 Å². The molecule has 25 heavy (non-hydrogen) atoms. The van der Waals surface area contributed by atoms with Crippen molar-refractivity contribution >= 4 is 34.0 Å². The quantitative estimate of drug-likeness (QED) is 0.719. The number of rotatable bonds is 5. The largest absolute Gasteiger partial charge is 0.351 e. The molecule has 1 heterocycles. The lowest BCUT2D eigenvalue weighted by molar-refractivity contribution is -0.134. The highest BCUT2D eigenvalue weighted by molar-refractivity contribution is 7.92. The molecule has 0 spiro atoms. The molecule has 1 aromatic carbocycles. The van der Waals surface area contributed by atoms with Gasteiger partial charge in [-0.2, -0.15) is 0 Å². The van der Waals surface area contributed by atoms with Gasteiger partial charge in [0.1, 0.15) is 0 Å². The van der Waals surface area contributed by atoms with Crippen molar-refractivity contribution in [3.63, 3.8) is 0 Å². The van der Waals surface area contributed by atoms with Crippen LogP contribution in [0.4, 0.5) is 5.69 Å². The van der Waals surface area contributed by atoms with Crippen LogP contribution >= 0.6 is 12.4 Å². The molecule has 3 N–H and O–H groups in total. The van der Waals surface area contributed by atoms with E-state index in [0.717, 1.165) is 44.2 Å². The Balaban J connectivity index is 0.00000225. The third-order valence-electron chi connectivity index (χ3n) is 5.20. The second kappa shape index (κ2) is 7.93. The second-order valence-electron chi connectivity index (χ2n) is 6.98. The highest BCUT2D eigenvalue weighted by Crippen LogP contribution is 2.43. The summed E-state index contributed by atoms with van der Waals surface area (Å²) in [4.78, 5) is 12.8. The summed E-state index contributed by atoms with van der Waals surface area (Å²) in [5.41, 5.74) is 1.24. The molecule has 1 aliphatic heterocycles. The molecule has 2 atom stereocenters. The summed E-state index contributed by atoms with van der Waals surface area (Å²) < 4.78 is 24.8. The van der Waals surface area contributed by atoms with Gasteiger partial charge in [-0.05, 0) is 43.0 Å². The van der Waals surface area contributed by atoms with Gasteiger partial charge in [-0.3, -0.25) is 9.52 Å². The minimum absolute atomic E-state index is 0. The normalized spacial score (nSPS) is 25.6. The number of hydrogen-bond donors (Lipinski definition) is 3. The molecule has 2 aliphatic rings. The number of carbonyl (C=O) groups excluding carboxylic acids is 1. The average molecular weight is 388 g/mol. The van der Waals surface area contributed by atoms with Crippen LogP contribution in [0.1, 0.15) is 31.2 Å². The zero-order valence-electron chi connectivity index (χ0n) is 14.4. The standard InChI is InChI=1S/C17H25N3O3S.ClH/c1-24(22,23)20-15-7-5-13(6-8-15)10-19-16(21)17-9-3-2-4-14(17)11-18-12-17;/h5-8,14,18,20H,2-4,9-12H2,1H3,(H,19,21);1H/t14-,17+;/m0./s1. The monoisotopic (exact) mass is 387 g/mol. The number of carbonyl (C=O) groups is 1. The molecule has 1 amide bonds. The van der Waals surface area contributed by atoms with Crippen molar-refractivity contribution < 1.29 is 13.2 Å². The van der Waals surface area contributed by atoms with Crippen LogP contribution in [0.3, 0.4) is 0 Å². The van der Waals surface area contributed by atoms with Crippen LogP contribution in [0.25, 0.3) is 0 Å². The molecule has 2 fully saturated rings. The van der Waals surface area contributed by atoms with E-state index in [9.17, 15) is 13.2 Å². The Morgan fingerprint density at radius 1 is 1.28 bits per heavy atom. The summed E-state index contributed by atoms with van der Waals surface area (Å²) in [7, 11) is -3.27. The highest BCUT2D eigenvalue weighted by atomic mass is 35.5. The molecular weight excluding hydrogens is 362 g/mol. The average Bonchev–Trinajstić information content (AvgIpc) is 2.97. The van der Waals surface area contributed by atoms with E-state index in [1.54, 1.807) is 12.1 Å². The van der Waals surface area contributed by atoms with E-state index in [4.69, 9.17) is 0 Å². The number of benzene rings is 1. The van der Waals surface area contributed by atoms with Crippen LogP contribution in [-0.4, -0.2) is 33.7 Å². The van der Waals surface area contributed by atoms with Crippen LogP contribution in [0.5, 0.6) is 0 Å². The van der Waals surface area contributed by atoms with Gasteiger partial charge in [0, 0.05) is 18.8 Å². The van der Waals surface area contributed by atoms with Crippen molar-refractivity contribution in [1.29, 1.82) is 0 Å². The van der Waals surface area contributed by atoms with Gasteiger partial charge in [-0.25, -0.2) is 8.42 Å². The lowest BCUT2D eigenvalue weighted by Crippen LogP contribution is -2.47. The number of fused-ring (bicyclic) bond motifs is 1.